The van der Waals surface area contributed by atoms with E-state index in [1.165, 1.54) is 4.90 Å². The monoisotopic (exact) mass is 516 g/mol. The molecule has 3 amide bonds. The highest BCUT2D eigenvalue weighted by atomic mass is 32.2. The third-order valence-electron chi connectivity index (χ3n) is 8.28. The van der Waals surface area contributed by atoms with Crippen LogP contribution < -0.4 is 10.6 Å². The summed E-state index contributed by atoms with van der Waals surface area (Å²) < 4.78 is 4.73. The molecule has 4 aliphatic rings. The lowest BCUT2D eigenvalue weighted by Crippen LogP contribution is -2.57. The fourth-order valence-electron chi connectivity index (χ4n) is 6.63. The minimum atomic E-state index is -0.691. The number of thioether (sulfide) groups is 1. The van der Waals surface area contributed by atoms with Crippen LogP contribution in [0, 0.1) is 17.8 Å². The summed E-state index contributed by atoms with van der Waals surface area (Å²) in [6, 6.07) is 9.02. The maximum Gasteiger partial charge on any atom is 0.244 e. The highest BCUT2D eigenvalue weighted by Crippen LogP contribution is 2.68. The second kappa shape index (κ2) is 10.7. The molecule has 196 valence electrons. The molecule has 1 spiro atoms. The van der Waals surface area contributed by atoms with Gasteiger partial charge in [0.15, 0.2) is 0 Å². The number of fused-ring (bicyclic) bond motifs is 1. The van der Waals surface area contributed by atoms with Crippen LogP contribution in [0.5, 0.6) is 0 Å². The fraction of sp³-hybridized carbons (Fsp3) is 0.654. The van der Waals surface area contributed by atoms with Crippen molar-refractivity contribution in [3.63, 3.8) is 0 Å². The van der Waals surface area contributed by atoms with Crippen LogP contribution in [0.15, 0.2) is 30.3 Å². The first-order valence-corrected chi connectivity index (χ1v) is 13.8. The molecular weight excluding hydrogens is 480 g/mol. The summed E-state index contributed by atoms with van der Waals surface area (Å²) in [5.74, 6) is -1.42. The summed E-state index contributed by atoms with van der Waals surface area (Å²) in [5, 5.41) is 15.9. The Morgan fingerprint density at radius 3 is 2.61 bits per heavy atom. The summed E-state index contributed by atoms with van der Waals surface area (Å²) in [4.78, 5) is 44.6. The topological polar surface area (TPSA) is 111 Å². The Morgan fingerprint density at radius 2 is 1.89 bits per heavy atom. The molecule has 36 heavy (non-hydrogen) atoms. The maximum atomic E-state index is 13.8. The van der Waals surface area contributed by atoms with Gasteiger partial charge in [0.1, 0.15) is 6.04 Å². The molecule has 9 nitrogen and oxygen atoms in total. The predicted octanol–water partition coefficient (Wildman–Crippen LogP) is 0.0807. The second-order valence-corrected chi connectivity index (χ2v) is 11.8. The summed E-state index contributed by atoms with van der Waals surface area (Å²) in [7, 11) is 0. The van der Waals surface area contributed by atoms with Crippen LogP contribution >= 0.6 is 11.8 Å². The summed E-state index contributed by atoms with van der Waals surface area (Å²) in [6.45, 7) is 6.66. The van der Waals surface area contributed by atoms with Crippen molar-refractivity contribution < 1.29 is 24.2 Å². The lowest BCUT2D eigenvalue weighted by atomic mass is 9.66. The molecule has 2 bridgehead atoms. The third-order valence-corrected chi connectivity index (χ3v) is 10.4. The first kappa shape index (κ1) is 25.5. The van der Waals surface area contributed by atoms with E-state index < -0.39 is 22.6 Å². The highest BCUT2D eigenvalue weighted by molar-refractivity contribution is 8.02. The highest BCUT2D eigenvalue weighted by Gasteiger charge is 2.75. The van der Waals surface area contributed by atoms with Crippen LogP contribution in [0.3, 0.4) is 0 Å². The molecule has 0 aliphatic carbocycles. The molecule has 3 N–H and O–H groups in total. The number of ether oxygens (including phenoxy) is 1. The van der Waals surface area contributed by atoms with Gasteiger partial charge in [0.2, 0.25) is 17.7 Å². The van der Waals surface area contributed by atoms with Gasteiger partial charge in [0.25, 0.3) is 0 Å². The van der Waals surface area contributed by atoms with Gasteiger partial charge < -0.3 is 25.4 Å². The number of amides is 3. The van der Waals surface area contributed by atoms with Crippen molar-refractivity contribution in [3.05, 3.63) is 35.9 Å². The molecule has 4 heterocycles. The molecule has 5 rings (SSSR count). The Morgan fingerprint density at radius 1 is 1.14 bits per heavy atom. The molecule has 0 radical (unpaired) electrons. The Bertz CT molecular complexity index is 974. The molecule has 0 saturated carbocycles. The lowest BCUT2D eigenvalue weighted by Gasteiger charge is -2.38. The van der Waals surface area contributed by atoms with E-state index in [0.29, 0.717) is 26.3 Å². The van der Waals surface area contributed by atoms with E-state index in [-0.39, 0.29) is 42.0 Å². The van der Waals surface area contributed by atoms with Crippen molar-refractivity contribution in [2.45, 2.75) is 35.9 Å². The van der Waals surface area contributed by atoms with Crippen molar-refractivity contribution in [2.24, 2.45) is 17.8 Å². The molecule has 6 atom stereocenters. The van der Waals surface area contributed by atoms with Gasteiger partial charge in [-0.2, -0.15) is 0 Å². The molecular formula is C26H36N4O5S. The number of aliphatic hydroxyl groups is 1. The van der Waals surface area contributed by atoms with Gasteiger partial charge in [0.05, 0.1) is 36.4 Å². The maximum absolute atomic E-state index is 13.8. The number of likely N-dealkylation sites (tertiary alicyclic amines) is 1. The Balaban J connectivity index is 1.33. The summed E-state index contributed by atoms with van der Waals surface area (Å²) >= 11 is 1.65. The zero-order valence-electron chi connectivity index (χ0n) is 20.7. The molecule has 10 heteroatoms. The molecule has 0 aromatic heterocycles. The number of morpholine rings is 1. The summed E-state index contributed by atoms with van der Waals surface area (Å²) in [5.41, 5.74) is 1.00. The number of β-amino-alcohol motifs (C(OH)–C–C–N with tert-alkyl or cyclic N) is 1. The first-order valence-electron chi connectivity index (χ1n) is 13.0. The molecule has 4 saturated heterocycles. The van der Waals surface area contributed by atoms with Crippen molar-refractivity contribution >= 4 is 29.5 Å². The molecule has 1 aromatic rings. The van der Waals surface area contributed by atoms with Crippen molar-refractivity contribution in [1.29, 1.82) is 0 Å². The Labute approximate surface area is 216 Å². The minimum absolute atomic E-state index is 0.00431. The number of hydrogen-bond donors (Lipinski definition) is 3. The standard InChI is InChI=1S/C26H36N4O5S/c1-17-15-19-20(23(32)28-16-18-5-3-2-4-6-18)21-25(34)30(9-12-31)22(26(17,21)36-19)24(33)27-7-8-29-10-13-35-14-11-29/h2-6,17,19-22,31H,7-16H2,1H3,(H,27,33)(H,28,32)/t17?,19-,20+,21-,22?,26?/m0/s1. The molecule has 4 aliphatic heterocycles. The number of aliphatic hydroxyl groups excluding tert-OH is 1. The Kier molecular flexibility index (Phi) is 7.57. The van der Waals surface area contributed by atoms with Gasteiger partial charge in [-0.15, -0.1) is 11.8 Å². The van der Waals surface area contributed by atoms with E-state index in [1.807, 2.05) is 30.3 Å². The number of hydrogen-bond acceptors (Lipinski definition) is 7. The van der Waals surface area contributed by atoms with Gasteiger partial charge in [0, 0.05) is 44.5 Å². The van der Waals surface area contributed by atoms with Crippen LogP contribution in [-0.4, -0.2) is 101 Å². The van der Waals surface area contributed by atoms with Crippen LogP contribution in [0.1, 0.15) is 18.9 Å². The van der Waals surface area contributed by atoms with Crippen LogP contribution in [0.4, 0.5) is 0 Å². The SMILES string of the molecule is CC1C[C@@H]2SC13C(C(=O)NCCN1CCOCC1)N(CCO)C(=O)[C@@H]3[C@@H]2C(=O)NCc1ccccc1. The van der Waals surface area contributed by atoms with Crippen LogP contribution in [0.2, 0.25) is 0 Å². The van der Waals surface area contributed by atoms with Crippen LogP contribution in [-0.2, 0) is 25.7 Å². The van der Waals surface area contributed by atoms with Gasteiger partial charge >= 0.3 is 0 Å². The van der Waals surface area contributed by atoms with Crippen molar-refractivity contribution in [2.75, 3.05) is 52.5 Å². The number of nitrogens with zero attached hydrogens (tertiary/aromatic N) is 2. The van der Waals surface area contributed by atoms with Crippen LogP contribution in [0.25, 0.3) is 0 Å². The van der Waals surface area contributed by atoms with Gasteiger partial charge in [-0.3, -0.25) is 19.3 Å². The number of carbonyl (C=O) groups is 3. The lowest BCUT2D eigenvalue weighted by molar-refractivity contribution is -0.140. The minimum Gasteiger partial charge on any atom is -0.395 e. The predicted molar refractivity (Wildman–Crippen MR) is 136 cm³/mol. The first-order chi connectivity index (χ1) is 17.5. The number of benzene rings is 1. The number of carbonyl (C=O) groups excluding carboxylic acids is 3. The van der Waals surface area contributed by atoms with E-state index >= 15 is 0 Å². The van der Waals surface area contributed by atoms with Crippen molar-refractivity contribution in [3.8, 4) is 0 Å². The second-order valence-electron chi connectivity index (χ2n) is 10.3. The zero-order valence-corrected chi connectivity index (χ0v) is 21.5. The van der Waals surface area contributed by atoms with Gasteiger partial charge in [-0.25, -0.2) is 0 Å². The smallest absolute Gasteiger partial charge is 0.244 e. The normalized spacial score (nSPS) is 33.6. The fourth-order valence-corrected chi connectivity index (χ4v) is 9.05. The van der Waals surface area contributed by atoms with Crippen molar-refractivity contribution in [1.82, 2.24) is 20.4 Å². The van der Waals surface area contributed by atoms with E-state index in [2.05, 4.69) is 22.5 Å². The quantitative estimate of drug-likeness (QED) is 0.426. The third kappa shape index (κ3) is 4.42. The largest absolute Gasteiger partial charge is 0.395 e. The zero-order chi connectivity index (χ0) is 25.3. The Hall–Kier alpha value is -2.14. The number of nitrogens with one attached hydrogen (secondary N) is 2. The van der Waals surface area contributed by atoms with Gasteiger partial charge in [-0.1, -0.05) is 37.3 Å². The van der Waals surface area contributed by atoms with E-state index in [9.17, 15) is 19.5 Å². The number of rotatable bonds is 9. The summed E-state index contributed by atoms with van der Waals surface area (Å²) in [6.07, 6.45) is 0.794. The molecule has 4 fully saturated rings. The van der Waals surface area contributed by atoms with Gasteiger partial charge in [-0.05, 0) is 17.9 Å². The van der Waals surface area contributed by atoms with E-state index in [1.54, 1.807) is 11.8 Å². The molecule has 1 aromatic carbocycles. The average Bonchev–Trinajstić information content (AvgIpc) is 3.48. The average molecular weight is 517 g/mol. The van der Waals surface area contributed by atoms with E-state index in [0.717, 1.165) is 31.6 Å². The van der Waals surface area contributed by atoms with E-state index in [4.69, 9.17) is 4.74 Å². The molecule has 3 unspecified atom stereocenters.